The quantitative estimate of drug-likeness (QED) is 0.135. The Balaban J connectivity index is 0.000000135. The molecule has 0 saturated carbocycles. The van der Waals surface area contributed by atoms with Crippen molar-refractivity contribution in [3.8, 4) is 102 Å². The number of fused-ring (bicyclic) bond motifs is 18. The molecule has 11 heteroatoms. The largest absolute Gasteiger partial charge is 0.309 e. The minimum Gasteiger partial charge on any atom is -0.309 e. The van der Waals surface area contributed by atoms with Crippen LogP contribution < -0.4 is 0 Å². The maximum Gasteiger partial charge on any atom is 0.165 e. The summed E-state index contributed by atoms with van der Waals surface area (Å²) in [6.07, 6.45) is 0.891. The van der Waals surface area contributed by atoms with Gasteiger partial charge in [0.05, 0.1) is 54.5 Å². The molecule has 0 radical (unpaired) electrons. The second-order valence-corrected chi connectivity index (χ2v) is 30.3. The normalized spacial score (nSPS) is 12.0. The molecular weight excluding hydrogens is 1410 g/mol. The summed E-state index contributed by atoms with van der Waals surface area (Å²) in [5, 5.41) is 12.4. The SMILES string of the molecule is c1ccc(-c2nc(-c3ccccc3)nc(-c3ccc4c(c3)-c3cc(-n5c6ccccc6c6cc(-n7c8ccccc8c8ccccc87)ccc65)ccc3C4)n2)cc1.c1ccc(-c2nc(-c3ccccc3)nc(-c3cccc4c3sc3c(-n5c6ccccc6c6cc(-n7c8ccccc8c8ccccc87)ccc65)cccc34)n2)cc1. The van der Waals surface area contributed by atoms with Gasteiger partial charge in [-0.2, -0.15) is 0 Å². The van der Waals surface area contributed by atoms with Crippen molar-refractivity contribution < 1.29 is 0 Å². The standard InChI is InChI=1S/C52H33N5.C51H31N5S/c1-3-13-33(14-4-1)50-53-51(34-15-5-2-6-16-34)55-52(54-50)37-24-23-35-29-36-25-26-38(31-44(36)43(35)30-37)57-48-22-12-9-19-42(48)45-32-39(27-28-49(45)57)56-46-20-10-7-17-40(46)41-18-8-11-21-47(41)56;1-3-15-32(16-4-1)49-52-50(33-17-5-2-6-18-33)54-51(53-49)40-24-13-22-38-39-23-14-28-46(48(39)57-47(38)40)56-44-27-12-9-21-37(44)41-31-34(29-30-45(41)56)55-42-25-10-7-19-35(42)36-20-8-11-26-43(36)55/h1-28,30-32H,29H2;1-31H. The highest BCUT2D eigenvalue weighted by molar-refractivity contribution is 7.26. The molecule has 0 saturated heterocycles. The number of rotatable bonds is 10. The van der Waals surface area contributed by atoms with Crippen molar-refractivity contribution in [2.45, 2.75) is 6.42 Å². The van der Waals surface area contributed by atoms with Gasteiger partial charge < -0.3 is 18.3 Å². The Morgan fingerprint density at radius 1 is 0.193 bits per heavy atom. The Kier molecular flexibility index (Phi) is 15.0. The molecule has 0 amide bonds. The first kappa shape index (κ1) is 64.9. The third-order valence-corrected chi connectivity index (χ3v) is 24.0. The first-order valence-corrected chi connectivity index (χ1v) is 39.3. The van der Waals surface area contributed by atoms with Crippen LogP contribution in [0.15, 0.2) is 376 Å². The van der Waals surface area contributed by atoms with Crippen LogP contribution in [0.5, 0.6) is 0 Å². The lowest BCUT2D eigenvalue weighted by atomic mass is 10.0. The summed E-state index contributed by atoms with van der Waals surface area (Å²) in [5.74, 6) is 3.96. The van der Waals surface area contributed by atoms with Gasteiger partial charge in [0.1, 0.15) is 0 Å². The number of nitrogens with zero attached hydrogens (tertiary/aromatic N) is 10. The van der Waals surface area contributed by atoms with Crippen molar-refractivity contribution in [2.24, 2.45) is 0 Å². The van der Waals surface area contributed by atoms with Gasteiger partial charge in [-0.25, -0.2) is 29.9 Å². The molecule has 10 nitrogen and oxygen atoms in total. The van der Waals surface area contributed by atoms with E-state index < -0.39 is 0 Å². The van der Waals surface area contributed by atoms with Crippen LogP contribution in [0.25, 0.3) is 210 Å². The maximum atomic E-state index is 5.12. The number of aromatic nitrogens is 10. The minimum atomic E-state index is 0.656. The van der Waals surface area contributed by atoms with Crippen LogP contribution in [-0.4, -0.2) is 48.2 Å². The first-order valence-electron chi connectivity index (χ1n) is 38.5. The number of para-hydroxylation sites is 6. The van der Waals surface area contributed by atoms with Gasteiger partial charge in [-0.05, 0) is 132 Å². The van der Waals surface area contributed by atoms with Crippen LogP contribution in [0, 0.1) is 0 Å². The summed E-state index contributed by atoms with van der Waals surface area (Å²) in [5.41, 5.74) is 25.0. The van der Waals surface area contributed by atoms with Gasteiger partial charge in [-0.3, -0.25) is 0 Å². The predicted molar refractivity (Wildman–Crippen MR) is 471 cm³/mol. The van der Waals surface area contributed by atoms with E-state index in [-0.39, 0.29) is 0 Å². The van der Waals surface area contributed by atoms with Crippen LogP contribution in [0.2, 0.25) is 0 Å². The lowest BCUT2D eigenvalue weighted by Gasteiger charge is -2.12. The van der Waals surface area contributed by atoms with Crippen molar-refractivity contribution in [1.29, 1.82) is 0 Å². The molecule has 0 spiro atoms. The van der Waals surface area contributed by atoms with E-state index >= 15 is 0 Å². The van der Waals surface area contributed by atoms with Crippen molar-refractivity contribution in [3.63, 3.8) is 0 Å². The van der Waals surface area contributed by atoms with Gasteiger partial charge >= 0.3 is 0 Å². The van der Waals surface area contributed by atoms with E-state index in [0.29, 0.717) is 34.9 Å². The van der Waals surface area contributed by atoms with Gasteiger partial charge in [-0.15, -0.1) is 11.3 Å². The van der Waals surface area contributed by atoms with E-state index in [0.717, 1.165) is 67.3 Å². The maximum absolute atomic E-state index is 5.12. The fourth-order valence-corrected chi connectivity index (χ4v) is 18.9. The molecule has 0 N–H and O–H groups in total. The topological polar surface area (TPSA) is 97.1 Å². The summed E-state index contributed by atoms with van der Waals surface area (Å²) >= 11 is 1.81. The molecule has 24 rings (SSSR count). The van der Waals surface area contributed by atoms with Crippen molar-refractivity contribution >= 4 is 119 Å². The molecule has 0 aliphatic heterocycles. The van der Waals surface area contributed by atoms with E-state index in [2.05, 4.69) is 297 Å². The van der Waals surface area contributed by atoms with Gasteiger partial charge in [0.25, 0.3) is 0 Å². The number of thiophene rings is 1. The van der Waals surface area contributed by atoms with Crippen molar-refractivity contribution in [3.05, 3.63) is 387 Å². The van der Waals surface area contributed by atoms with Crippen LogP contribution in [0.4, 0.5) is 0 Å². The molecule has 114 heavy (non-hydrogen) atoms. The van der Waals surface area contributed by atoms with Gasteiger partial charge in [0, 0.05) is 109 Å². The second kappa shape index (κ2) is 26.3. The van der Waals surface area contributed by atoms with Gasteiger partial charge in [-0.1, -0.05) is 273 Å². The molecule has 1 aliphatic carbocycles. The van der Waals surface area contributed by atoms with E-state index in [4.69, 9.17) is 29.9 Å². The van der Waals surface area contributed by atoms with Gasteiger partial charge in [0.2, 0.25) is 0 Å². The Bertz CT molecular complexity index is 7610. The molecule has 0 fully saturated rings. The lowest BCUT2D eigenvalue weighted by Crippen LogP contribution is -2.00. The zero-order chi connectivity index (χ0) is 74.9. The molecule has 23 aromatic rings. The molecule has 0 atom stereocenters. The number of benzene rings is 16. The molecule has 16 aromatic carbocycles. The summed E-state index contributed by atoms with van der Waals surface area (Å²) in [6, 6.07) is 134. The first-order chi connectivity index (χ1) is 56.5. The Morgan fingerprint density at radius 3 is 0.939 bits per heavy atom. The summed E-state index contributed by atoms with van der Waals surface area (Å²) < 4.78 is 12.0. The summed E-state index contributed by atoms with van der Waals surface area (Å²) in [6.45, 7) is 0. The van der Waals surface area contributed by atoms with E-state index in [1.54, 1.807) is 0 Å². The Morgan fingerprint density at radius 2 is 0.500 bits per heavy atom. The minimum absolute atomic E-state index is 0.656. The Labute approximate surface area is 658 Å². The average molecular weight is 1470 g/mol. The molecule has 7 heterocycles. The summed E-state index contributed by atoms with van der Waals surface area (Å²) in [7, 11) is 0. The highest BCUT2D eigenvalue weighted by atomic mass is 32.1. The van der Waals surface area contributed by atoms with Crippen molar-refractivity contribution in [1.82, 2.24) is 48.2 Å². The molecule has 0 unspecified atom stereocenters. The molecule has 0 bridgehead atoms. The monoisotopic (exact) mass is 1470 g/mol. The molecular formula is C103H64N10S. The fraction of sp³-hybridized carbons (Fsp3) is 0.00971. The van der Waals surface area contributed by atoms with Crippen molar-refractivity contribution in [2.75, 3.05) is 0 Å². The van der Waals surface area contributed by atoms with Crippen LogP contribution in [-0.2, 0) is 6.42 Å². The number of hydrogen-bond donors (Lipinski definition) is 0. The Hall–Kier alpha value is -15.0. The fourth-order valence-electron chi connectivity index (χ4n) is 17.6. The third kappa shape index (κ3) is 10.5. The lowest BCUT2D eigenvalue weighted by molar-refractivity contribution is 1.07. The van der Waals surface area contributed by atoms with E-state index in [1.807, 2.05) is 108 Å². The highest BCUT2D eigenvalue weighted by Gasteiger charge is 2.26. The van der Waals surface area contributed by atoms with Crippen LogP contribution in [0.3, 0.4) is 0 Å². The van der Waals surface area contributed by atoms with Gasteiger partial charge in [0.15, 0.2) is 34.9 Å². The zero-order valence-corrected chi connectivity index (χ0v) is 62.2. The zero-order valence-electron chi connectivity index (χ0n) is 61.4. The average Bonchev–Trinajstić information content (AvgIpc) is 1.56. The smallest absolute Gasteiger partial charge is 0.165 e. The molecule has 7 aromatic heterocycles. The second-order valence-electron chi connectivity index (χ2n) is 29.3. The van der Waals surface area contributed by atoms with E-state index in [1.165, 1.54) is 125 Å². The van der Waals surface area contributed by atoms with E-state index in [9.17, 15) is 0 Å². The van der Waals surface area contributed by atoms with Crippen LogP contribution in [0.1, 0.15) is 11.1 Å². The summed E-state index contributed by atoms with van der Waals surface area (Å²) in [4.78, 5) is 30.2. The van der Waals surface area contributed by atoms with Crippen LogP contribution >= 0.6 is 11.3 Å². The molecule has 1 aliphatic rings. The molecule has 532 valence electrons. The number of hydrogen-bond acceptors (Lipinski definition) is 7. The third-order valence-electron chi connectivity index (χ3n) is 22.8. The highest BCUT2D eigenvalue weighted by Crippen LogP contribution is 2.47. The predicted octanol–water partition coefficient (Wildman–Crippen LogP) is 26.1.